The van der Waals surface area contributed by atoms with Crippen molar-refractivity contribution in [3.8, 4) is 11.5 Å². The summed E-state index contributed by atoms with van der Waals surface area (Å²) in [4.78, 5) is 22.7. The van der Waals surface area contributed by atoms with Crippen LogP contribution in [0.2, 0.25) is 5.15 Å². The van der Waals surface area contributed by atoms with Crippen LogP contribution in [-0.4, -0.2) is 69.7 Å². The smallest absolute Gasteiger partial charge is 0.230 e. The van der Waals surface area contributed by atoms with Gasteiger partial charge in [-0.2, -0.15) is 0 Å². The second-order valence-electron chi connectivity index (χ2n) is 6.68. The number of methoxy groups -OCH3 is 3. The van der Waals surface area contributed by atoms with Crippen LogP contribution in [-0.2, 0) is 16.0 Å². The Hall–Kier alpha value is -2.23. The molecule has 0 aliphatic rings. The average Bonchev–Trinajstić information content (AvgIpc) is 2.78. The van der Waals surface area contributed by atoms with E-state index in [9.17, 15) is 4.79 Å². The number of ether oxygens (including phenoxy) is 3. The first-order chi connectivity index (χ1) is 15.0. The molecule has 2 rings (SSSR count). The third-order valence-corrected chi connectivity index (χ3v) is 5.46. The zero-order valence-corrected chi connectivity index (χ0v) is 19.9. The van der Waals surface area contributed by atoms with Gasteiger partial charge in [0.05, 0.1) is 20.0 Å². The molecule has 1 aromatic heterocycles. The highest BCUT2D eigenvalue weighted by molar-refractivity contribution is 7.99. The van der Waals surface area contributed by atoms with Crippen LogP contribution in [0.5, 0.6) is 11.5 Å². The standard InChI is InChI=1S/C21H29ClN4O4S/c1-26(10-8-15-6-7-16(29-3)17(12-15)30-4)19-13-18(22)24-21(25-19)31-14-20(27)23-9-5-11-28-2/h6-7,12-13H,5,8-11,14H2,1-4H3,(H,23,27). The molecule has 1 heterocycles. The van der Waals surface area contributed by atoms with Crippen LogP contribution < -0.4 is 19.7 Å². The summed E-state index contributed by atoms with van der Waals surface area (Å²) in [6.07, 6.45) is 1.56. The van der Waals surface area contributed by atoms with Gasteiger partial charge in [-0.15, -0.1) is 0 Å². The quantitative estimate of drug-likeness (QED) is 0.208. The van der Waals surface area contributed by atoms with Gasteiger partial charge in [0.25, 0.3) is 0 Å². The molecule has 0 saturated heterocycles. The fourth-order valence-electron chi connectivity index (χ4n) is 2.72. The SMILES string of the molecule is COCCCNC(=O)CSc1nc(Cl)cc(N(C)CCc2ccc(OC)c(OC)c2)n1. The van der Waals surface area contributed by atoms with Gasteiger partial charge >= 0.3 is 0 Å². The van der Waals surface area contributed by atoms with Crippen molar-refractivity contribution in [1.82, 2.24) is 15.3 Å². The molecule has 31 heavy (non-hydrogen) atoms. The van der Waals surface area contributed by atoms with Crippen LogP contribution in [0.15, 0.2) is 29.4 Å². The molecule has 0 aliphatic carbocycles. The van der Waals surface area contributed by atoms with E-state index in [4.69, 9.17) is 25.8 Å². The molecule has 0 bridgehead atoms. The lowest BCUT2D eigenvalue weighted by molar-refractivity contribution is -0.118. The first kappa shape index (κ1) is 25.0. The Labute approximate surface area is 192 Å². The van der Waals surface area contributed by atoms with Crippen LogP contribution in [0.3, 0.4) is 0 Å². The molecule has 2 aromatic rings. The van der Waals surface area contributed by atoms with Gasteiger partial charge in [-0.3, -0.25) is 4.79 Å². The van der Waals surface area contributed by atoms with Gasteiger partial charge in [-0.05, 0) is 30.5 Å². The third kappa shape index (κ3) is 8.43. The molecule has 0 aliphatic heterocycles. The summed E-state index contributed by atoms with van der Waals surface area (Å²) in [7, 11) is 6.81. The largest absolute Gasteiger partial charge is 0.493 e. The maximum Gasteiger partial charge on any atom is 0.230 e. The number of amides is 1. The van der Waals surface area contributed by atoms with Gasteiger partial charge in [0.1, 0.15) is 11.0 Å². The Bertz CT molecular complexity index is 856. The number of nitrogens with one attached hydrogen (secondary N) is 1. The molecule has 0 saturated carbocycles. The van der Waals surface area contributed by atoms with E-state index in [1.807, 2.05) is 30.1 Å². The lowest BCUT2D eigenvalue weighted by Gasteiger charge is -2.19. The van der Waals surface area contributed by atoms with Gasteiger partial charge in [0.2, 0.25) is 5.91 Å². The molecule has 1 aromatic carbocycles. The van der Waals surface area contributed by atoms with E-state index in [1.165, 1.54) is 11.8 Å². The molecule has 0 atom stereocenters. The van der Waals surface area contributed by atoms with Crippen molar-refractivity contribution in [3.05, 3.63) is 35.0 Å². The van der Waals surface area contributed by atoms with E-state index < -0.39 is 0 Å². The molecule has 0 spiro atoms. The molecule has 0 fully saturated rings. The summed E-state index contributed by atoms with van der Waals surface area (Å²) in [5.41, 5.74) is 1.12. The molecular weight excluding hydrogens is 440 g/mol. The van der Waals surface area contributed by atoms with Crippen molar-refractivity contribution in [2.24, 2.45) is 0 Å². The number of hydrogen-bond donors (Lipinski definition) is 1. The number of nitrogens with zero attached hydrogens (tertiary/aromatic N) is 3. The summed E-state index contributed by atoms with van der Waals surface area (Å²) in [6, 6.07) is 7.58. The predicted molar refractivity (Wildman–Crippen MR) is 124 cm³/mol. The number of halogens is 1. The van der Waals surface area contributed by atoms with Crippen LogP contribution >= 0.6 is 23.4 Å². The van der Waals surface area contributed by atoms with Crippen molar-refractivity contribution in [2.75, 3.05) is 58.7 Å². The molecule has 10 heteroatoms. The first-order valence-electron chi connectivity index (χ1n) is 9.82. The van der Waals surface area contributed by atoms with Crippen LogP contribution in [0, 0.1) is 0 Å². The third-order valence-electron chi connectivity index (χ3n) is 4.42. The molecule has 0 unspecified atom stereocenters. The van der Waals surface area contributed by atoms with Crippen LogP contribution in [0.25, 0.3) is 0 Å². The van der Waals surface area contributed by atoms with Gasteiger partial charge in [0.15, 0.2) is 16.7 Å². The van der Waals surface area contributed by atoms with E-state index in [1.54, 1.807) is 27.4 Å². The number of thioether (sulfide) groups is 1. The van der Waals surface area contributed by atoms with Crippen LogP contribution in [0.1, 0.15) is 12.0 Å². The number of aromatic nitrogens is 2. The number of likely N-dealkylation sites (N-methyl/N-ethyl adjacent to an activating group) is 1. The first-order valence-corrected chi connectivity index (χ1v) is 11.2. The topological polar surface area (TPSA) is 85.8 Å². The zero-order valence-electron chi connectivity index (χ0n) is 18.3. The number of anilines is 1. The minimum atomic E-state index is -0.0759. The van der Waals surface area contributed by atoms with E-state index in [-0.39, 0.29) is 11.7 Å². The summed E-state index contributed by atoms with van der Waals surface area (Å²) in [6.45, 7) is 1.91. The lowest BCUT2D eigenvalue weighted by atomic mass is 10.1. The monoisotopic (exact) mass is 468 g/mol. The zero-order chi connectivity index (χ0) is 22.6. The van der Waals surface area contributed by atoms with Crippen molar-refractivity contribution in [1.29, 1.82) is 0 Å². The Morgan fingerprint density at radius 1 is 1.16 bits per heavy atom. The van der Waals surface area contributed by atoms with Gasteiger partial charge in [-0.1, -0.05) is 29.4 Å². The molecule has 0 radical (unpaired) electrons. The molecule has 8 nitrogen and oxygen atoms in total. The van der Waals surface area contributed by atoms with E-state index in [0.29, 0.717) is 47.3 Å². The second kappa shape index (κ2) is 13.2. The molecular formula is C21H29ClN4O4S. The Morgan fingerprint density at radius 3 is 2.65 bits per heavy atom. The van der Waals surface area contributed by atoms with Crippen molar-refractivity contribution in [3.63, 3.8) is 0 Å². The molecule has 170 valence electrons. The minimum absolute atomic E-state index is 0.0759. The van der Waals surface area contributed by atoms with E-state index >= 15 is 0 Å². The van der Waals surface area contributed by atoms with Crippen molar-refractivity contribution >= 4 is 35.1 Å². The second-order valence-corrected chi connectivity index (χ2v) is 8.01. The lowest BCUT2D eigenvalue weighted by Crippen LogP contribution is -2.27. The maximum absolute atomic E-state index is 11.9. The number of benzene rings is 1. The number of carbonyl (C=O) groups is 1. The highest BCUT2D eigenvalue weighted by atomic mass is 35.5. The average molecular weight is 469 g/mol. The highest BCUT2D eigenvalue weighted by Gasteiger charge is 2.11. The van der Waals surface area contributed by atoms with E-state index in [0.717, 1.165) is 18.4 Å². The predicted octanol–water partition coefficient (Wildman–Crippen LogP) is 3.07. The summed E-state index contributed by atoms with van der Waals surface area (Å²) in [5, 5.41) is 3.64. The van der Waals surface area contributed by atoms with Crippen LogP contribution in [0.4, 0.5) is 5.82 Å². The highest BCUT2D eigenvalue weighted by Crippen LogP contribution is 2.28. The fourth-order valence-corrected chi connectivity index (χ4v) is 3.63. The van der Waals surface area contributed by atoms with Crippen molar-refractivity contribution < 1.29 is 19.0 Å². The maximum atomic E-state index is 11.9. The molecule has 1 N–H and O–H groups in total. The van der Waals surface area contributed by atoms with Gasteiger partial charge < -0.3 is 24.4 Å². The summed E-state index contributed by atoms with van der Waals surface area (Å²) < 4.78 is 15.6. The summed E-state index contributed by atoms with van der Waals surface area (Å²) >= 11 is 7.44. The normalized spacial score (nSPS) is 10.6. The molecule has 1 amide bonds. The fraction of sp³-hybridized carbons (Fsp3) is 0.476. The Morgan fingerprint density at radius 2 is 1.94 bits per heavy atom. The van der Waals surface area contributed by atoms with Gasteiger partial charge in [-0.25, -0.2) is 9.97 Å². The van der Waals surface area contributed by atoms with Gasteiger partial charge in [0, 0.05) is 39.9 Å². The Kier molecular flexibility index (Phi) is 10.7. The summed E-state index contributed by atoms with van der Waals surface area (Å²) in [5.74, 6) is 2.25. The Balaban J connectivity index is 1.92. The number of hydrogen-bond acceptors (Lipinski definition) is 8. The van der Waals surface area contributed by atoms with E-state index in [2.05, 4.69) is 15.3 Å². The number of rotatable bonds is 13. The minimum Gasteiger partial charge on any atom is -0.493 e. The van der Waals surface area contributed by atoms with Crippen molar-refractivity contribution in [2.45, 2.75) is 18.0 Å². The number of carbonyl (C=O) groups excluding carboxylic acids is 1.